The van der Waals surface area contributed by atoms with Crippen molar-refractivity contribution in [2.45, 2.75) is 31.5 Å². The zero-order valence-corrected chi connectivity index (χ0v) is 16.5. The van der Waals surface area contributed by atoms with E-state index >= 15 is 0 Å². The standard InChI is InChI=1S/C20H21ClN2O2S/c1-12-7-8-17(9-13(12)2)23-18(24)11-26-20(23)15-5-4-6-16(10-15)22-19(25)14(3)21/h4-10,14,20H,11H2,1-3H3,(H,22,25)/t14-,20+/m0/s1. The van der Waals surface area contributed by atoms with E-state index in [9.17, 15) is 9.59 Å². The number of alkyl halides is 1. The van der Waals surface area contributed by atoms with Gasteiger partial charge in [-0.05, 0) is 61.7 Å². The second-order valence-electron chi connectivity index (χ2n) is 6.43. The second kappa shape index (κ2) is 7.72. The van der Waals surface area contributed by atoms with E-state index in [1.165, 1.54) is 5.56 Å². The van der Waals surface area contributed by atoms with Crippen molar-refractivity contribution in [3.63, 3.8) is 0 Å². The number of carbonyl (C=O) groups excluding carboxylic acids is 2. The molecule has 136 valence electrons. The van der Waals surface area contributed by atoms with Gasteiger partial charge in [0.15, 0.2) is 0 Å². The number of benzene rings is 2. The zero-order valence-electron chi connectivity index (χ0n) is 15.0. The highest BCUT2D eigenvalue weighted by molar-refractivity contribution is 8.00. The van der Waals surface area contributed by atoms with Crippen LogP contribution in [0.3, 0.4) is 0 Å². The van der Waals surface area contributed by atoms with Crippen LogP contribution in [0.1, 0.15) is 29.0 Å². The quantitative estimate of drug-likeness (QED) is 0.775. The average Bonchev–Trinajstić information content (AvgIpc) is 2.99. The molecule has 0 aliphatic carbocycles. The van der Waals surface area contributed by atoms with E-state index in [2.05, 4.69) is 12.2 Å². The minimum Gasteiger partial charge on any atom is -0.325 e. The summed E-state index contributed by atoms with van der Waals surface area (Å²) in [4.78, 5) is 26.2. The lowest BCUT2D eigenvalue weighted by Gasteiger charge is -2.25. The Morgan fingerprint density at radius 2 is 2.00 bits per heavy atom. The second-order valence-corrected chi connectivity index (χ2v) is 8.15. The van der Waals surface area contributed by atoms with E-state index in [4.69, 9.17) is 11.6 Å². The SMILES string of the molecule is Cc1ccc(N2C(=O)CS[C@@H]2c2cccc(NC(=O)[C@H](C)Cl)c2)cc1C. The van der Waals surface area contributed by atoms with Crippen LogP contribution in [0.4, 0.5) is 11.4 Å². The number of nitrogens with zero attached hydrogens (tertiary/aromatic N) is 1. The van der Waals surface area contributed by atoms with Crippen LogP contribution < -0.4 is 10.2 Å². The first-order valence-corrected chi connectivity index (χ1v) is 9.91. The summed E-state index contributed by atoms with van der Waals surface area (Å²) in [7, 11) is 0. The Morgan fingerprint density at radius 1 is 1.23 bits per heavy atom. The molecule has 2 aromatic carbocycles. The number of aryl methyl sites for hydroxylation is 2. The number of carbonyl (C=O) groups is 2. The number of anilines is 2. The van der Waals surface area contributed by atoms with Crippen LogP contribution in [0.5, 0.6) is 0 Å². The smallest absolute Gasteiger partial charge is 0.242 e. The lowest BCUT2D eigenvalue weighted by atomic mass is 10.1. The normalized spacial score (nSPS) is 18.1. The Balaban J connectivity index is 1.91. The molecule has 3 rings (SSSR count). The fourth-order valence-corrected chi connectivity index (χ4v) is 4.06. The minimum atomic E-state index is -0.604. The highest BCUT2D eigenvalue weighted by Gasteiger charge is 2.34. The molecule has 4 nitrogen and oxygen atoms in total. The van der Waals surface area contributed by atoms with Gasteiger partial charge in [0.2, 0.25) is 11.8 Å². The van der Waals surface area contributed by atoms with Crippen LogP contribution in [-0.4, -0.2) is 22.9 Å². The van der Waals surface area contributed by atoms with E-state index in [1.807, 2.05) is 54.3 Å². The van der Waals surface area contributed by atoms with Crippen LogP contribution in [0, 0.1) is 13.8 Å². The average molecular weight is 389 g/mol. The molecule has 0 unspecified atom stereocenters. The molecule has 1 saturated heterocycles. The number of amides is 2. The summed E-state index contributed by atoms with van der Waals surface area (Å²) in [6.45, 7) is 5.74. The lowest BCUT2D eigenvalue weighted by Crippen LogP contribution is -2.28. The molecule has 0 aromatic heterocycles. The molecule has 2 atom stereocenters. The number of hydrogen-bond acceptors (Lipinski definition) is 3. The molecule has 1 fully saturated rings. The molecule has 2 amide bonds. The van der Waals surface area contributed by atoms with Crippen molar-refractivity contribution < 1.29 is 9.59 Å². The Kier molecular flexibility index (Phi) is 5.58. The lowest BCUT2D eigenvalue weighted by molar-refractivity contribution is -0.116. The van der Waals surface area contributed by atoms with Gasteiger partial charge in [0.25, 0.3) is 0 Å². The maximum atomic E-state index is 12.5. The summed E-state index contributed by atoms with van der Waals surface area (Å²) >= 11 is 7.41. The molecular weight excluding hydrogens is 368 g/mol. The van der Waals surface area contributed by atoms with Crippen LogP contribution in [0.15, 0.2) is 42.5 Å². The summed E-state index contributed by atoms with van der Waals surface area (Å²) in [5, 5.41) is 2.08. The van der Waals surface area contributed by atoms with E-state index < -0.39 is 5.38 Å². The summed E-state index contributed by atoms with van der Waals surface area (Å²) in [5.41, 5.74) is 4.91. The van der Waals surface area contributed by atoms with E-state index in [0.717, 1.165) is 16.8 Å². The first kappa shape index (κ1) is 18.8. The van der Waals surface area contributed by atoms with Crippen molar-refractivity contribution >= 4 is 46.6 Å². The third kappa shape index (κ3) is 3.89. The minimum absolute atomic E-state index is 0.0899. The molecular formula is C20H21ClN2O2S. The first-order chi connectivity index (χ1) is 12.4. The van der Waals surface area contributed by atoms with Gasteiger partial charge in [-0.25, -0.2) is 0 Å². The van der Waals surface area contributed by atoms with Gasteiger partial charge in [-0.3, -0.25) is 14.5 Å². The largest absolute Gasteiger partial charge is 0.325 e. The van der Waals surface area contributed by atoms with Gasteiger partial charge in [0.1, 0.15) is 10.8 Å². The van der Waals surface area contributed by atoms with Crippen LogP contribution in [0.2, 0.25) is 0 Å². The fraction of sp³-hybridized carbons (Fsp3) is 0.300. The van der Waals surface area contributed by atoms with Crippen molar-refractivity contribution in [3.05, 3.63) is 59.2 Å². The Bertz CT molecular complexity index is 853. The number of nitrogens with one attached hydrogen (secondary N) is 1. The van der Waals surface area contributed by atoms with Crippen molar-refractivity contribution in [3.8, 4) is 0 Å². The number of hydrogen-bond donors (Lipinski definition) is 1. The molecule has 0 radical (unpaired) electrons. The third-order valence-corrected chi connectivity index (χ3v) is 5.85. The molecule has 1 N–H and O–H groups in total. The van der Waals surface area contributed by atoms with Crippen molar-refractivity contribution in [2.75, 3.05) is 16.0 Å². The van der Waals surface area contributed by atoms with Gasteiger partial charge < -0.3 is 5.32 Å². The monoisotopic (exact) mass is 388 g/mol. The van der Waals surface area contributed by atoms with Gasteiger partial charge in [0.05, 0.1) is 5.75 Å². The van der Waals surface area contributed by atoms with Gasteiger partial charge in [-0.1, -0.05) is 18.2 Å². The van der Waals surface area contributed by atoms with E-state index in [0.29, 0.717) is 11.4 Å². The number of rotatable bonds is 4. The third-order valence-electron chi connectivity index (χ3n) is 4.44. The Labute approximate surface area is 162 Å². The van der Waals surface area contributed by atoms with Crippen LogP contribution in [-0.2, 0) is 9.59 Å². The fourth-order valence-electron chi connectivity index (χ4n) is 2.84. The molecule has 0 spiro atoms. The summed E-state index contributed by atoms with van der Waals surface area (Å²) in [5.74, 6) is 0.282. The van der Waals surface area contributed by atoms with Crippen LogP contribution in [0.25, 0.3) is 0 Å². The molecule has 0 bridgehead atoms. The zero-order chi connectivity index (χ0) is 18.8. The van der Waals surface area contributed by atoms with E-state index in [1.54, 1.807) is 18.7 Å². The van der Waals surface area contributed by atoms with Gasteiger partial charge in [-0.2, -0.15) is 0 Å². The van der Waals surface area contributed by atoms with Gasteiger partial charge in [0, 0.05) is 11.4 Å². The Hall–Kier alpha value is -1.98. The maximum Gasteiger partial charge on any atom is 0.242 e. The predicted octanol–water partition coefficient (Wildman–Crippen LogP) is 4.65. The molecule has 2 aromatic rings. The number of thioether (sulfide) groups is 1. The van der Waals surface area contributed by atoms with Gasteiger partial charge in [-0.15, -0.1) is 23.4 Å². The molecule has 1 heterocycles. The molecule has 1 aliphatic rings. The highest BCUT2D eigenvalue weighted by Crippen LogP contribution is 2.42. The van der Waals surface area contributed by atoms with Gasteiger partial charge >= 0.3 is 0 Å². The molecule has 0 saturated carbocycles. The van der Waals surface area contributed by atoms with Crippen molar-refractivity contribution in [1.82, 2.24) is 0 Å². The summed E-state index contributed by atoms with van der Waals surface area (Å²) < 4.78 is 0. The highest BCUT2D eigenvalue weighted by atomic mass is 35.5. The van der Waals surface area contributed by atoms with Crippen molar-refractivity contribution in [1.29, 1.82) is 0 Å². The predicted molar refractivity (Wildman–Crippen MR) is 109 cm³/mol. The molecule has 6 heteroatoms. The van der Waals surface area contributed by atoms with E-state index in [-0.39, 0.29) is 17.2 Å². The maximum absolute atomic E-state index is 12.5. The first-order valence-electron chi connectivity index (χ1n) is 8.42. The summed E-state index contributed by atoms with van der Waals surface area (Å²) in [6, 6.07) is 13.7. The van der Waals surface area contributed by atoms with Crippen LogP contribution >= 0.6 is 23.4 Å². The summed E-state index contributed by atoms with van der Waals surface area (Å²) in [6.07, 6.45) is 0. The topological polar surface area (TPSA) is 49.4 Å². The number of halogens is 1. The molecule has 1 aliphatic heterocycles. The van der Waals surface area contributed by atoms with Crippen molar-refractivity contribution in [2.24, 2.45) is 0 Å². The molecule has 26 heavy (non-hydrogen) atoms. The Morgan fingerprint density at radius 3 is 2.69 bits per heavy atom.